The minimum absolute atomic E-state index is 0.737. The van der Waals surface area contributed by atoms with Crippen LogP contribution in [0.5, 0.6) is 0 Å². The van der Waals surface area contributed by atoms with Gasteiger partial charge < -0.3 is 11.5 Å². The predicted molar refractivity (Wildman–Crippen MR) is 101 cm³/mol. The summed E-state index contributed by atoms with van der Waals surface area (Å²) < 4.78 is 0. The Morgan fingerprint density at radius 1 is 0.609 bits per heavy atom. The maximum absolute atomic E-state index is 5.66. The summed E-state index contributed by atoms with van der Waals surface area (Å²) in [5.41, 5.74) is 14.5. The van der Waals surface area contributed by atoms with Crippen molar-refractivity contribution in [2.45, 2.75) is 0 Å². The van der Waals surface area contributed by atoms with Crippen molar-refractivity contribution in [1.82, 2.24) is 0 Å². The third kappa shape index (κ3) is 4.28. The molecule has 0 fully saturated rings. The molecular formula is C18H16N4S. The molecule has 0 amide bonds. The van der Waals surface area contributed by atoms with Crippen molar-refractivity contribution in [3.8, 4) is 0 Å². The van der Waals surface area contributed by atoms with Crippen molar-refractivity contribution >= 4 is 46.5 Å². The molecule has 0 atom stereocenters. The van der Waals surface area contributed by atoms with Crippen molar-refractivity contribution < 1.29 is 0 Å². The van der Waals surface area contributed by atoms with E-state index in [1.54, 1.807) is 11.3 Å². The summed E-state index contributed by atoms with van der Waals surface area (Å²) in [5.74, 6) is 0. The van der Waals surface area contributed by atoms with Crippen LogP contribution in [-0.2, 0) is 0 Å². The van der Waals surface area contributed by atoms with Gasteiger partial charge in [0.05, 0.1) is 11.4 Å². The molecule has 0 aliphatic carbocycles. The number of benzene rings is 2. The van der Waals surface area contributed by atoms with Crippen LogP contribution in [0, 0.1) is 0 Å². The van der Waals surface area contributed by atoms with Gasteiger partial charge in [-0.1, -0.05) is 0 Å². The number of anilines is 2. The number of rotatable bonds is 4. The molecule has 0 saturated carbocycles. The van der Waals surface area contributed by atoms with Gasteiger partial charge in [0.15, 0.2) is 0 Å². The number of aliphatic imine (C=N–C) groups is 2. The predicted octanol–water partition coefficient (Wildman–Crippen LogP) is 4.41. The number of nitrogens with zero attached hydrogens (tertiary/aromatic N) is 2. The molecule has 0 unspecified atom stereocenters. The van der Waals surface area contributed by atoms with Gasteiger partial charge in [-0.2, -0.15) is 0 Å². The number of hydrogen-bond donors (Lipinski definition) is 2. The fourth-order valence-corrected chi connectivity index (χ4v) is 2.66. The molecule has 2 aromatic carbocycles. The molecule has 5 heteroatoms. The van der Waals surface area contributed by atoms with E-state index < -0.39 is 0 Å². The molecule has 1 aromatic heterocycles. The van der Waals surface area contributed by atoms with Gasteiger partial charge in [0.1, 0.15) is 0 Å². The van der Waals surface area contributed by atoms with Crippen LogP contribution in [0.2, 0.25) is 0 Å². The van der Waals surface area contributed by atoms with Crippen LogP contribution in [-0.4, -0.2) is 12.4 Å². The van der Waals surface area contributed by atoms with E-state index >= 15 is 0 Å². The van der Waals surface area contributed by atoms with Crippen molar-refractivity contribution in [1.29, 1.82) is 0 Å². The SMILES string of the molecule is Nc1ccc(N=Cc2ccc(C=Nc3ccc(N)cc3)s2)cc1. The van der Waals surface area contributed by atoms with Crippen LogP contribution in [0.15, 0.2) is 70.6 Å². The molecule has 23 heavy (non-hydrogen) atoms. The normalized spacial score (nSPS) is 11.5. The molecule has 0 aliphatic heterocycles. The minimum Gasteiger partial charge on any atom is -0.399 e. The Hall–Kier alpha value is -2.92. The lowest BCUT2D eigenvalue weighted by Crippen LogP contribution is -1.81. The van der Waals surface area contributed by atoms with Gasteiger partial charge >= 0.3 is 0 Å². The highest BCUT2D eigenvalue weighted by Crippen LogP contribution is 2.18. The summed E-state index contributed by atoms with van der Waals surface area (Å²) in [6.45, 7) is 0. The van der Waals surface area contributed by atoms with Crippen molar-refractivity contribution in [2.75, 3.05) is 11.5 Å². The standard InChI is InChI=1S/C18H16N4S/c19-13-1-5-15(6-2-13)21-11-17-9-10-18(23-17)12-22-16-7-3-14(20)4-8-16/h1-12H,19-20H2. The molecule has 3 aromatic rings. The Labute approximate surface area is 138 Å². The molecule has 0 radical (unpaired) electrons. The first-order valence-electron chi connectivity index (χ1n) is 7.08. The highest BCUT2D eigenvalue weighted by Gasteiger charge is 1.96. The molecule has 4 nitrogen and oxygen atoms in total. The monoisotopic (exact) mass is 320 g/mol. The third-order valence-electron chi connectivity index (χ3n) is 3.12. The number of nitrogen functional groups attached to an aromatic ring is 2. The Bertz CT molecular complexity index is 760. The van der Waals surface area contributed by atoms with Gasteiger partial charge in [0.2, 0.25) is 0 Å². The smallest absolute Gasteiger partial charge is 0.0631 e. The Kier molecular flexibility index (Phi) is 4.49. The lowest BCUT2D eigenvalue weighted by molar-refractivity contribution is 1.53. The Morgan fingerprint density at radius 2 is 1.00 bits per heavy atom. The zero-order valence-electron chi connectivity index (χ0n) is 12.4. The Balaban J connectivity index is 1.68. The van der Waals surface area contributed by atoms with E-state index in [-0.39, 0.29) is 0 Å². The van der Waals surface area contributed by atoms with Crippen LogP contribution >= 0.6 is 11.3 Å². The van der Waals surface area contributed by atoms with Gasteiger partial charge in [-0.3, -0.25) is 9.98 Å². The van der Waals surface area contributed by atoms with Gasteiger partial charge in [-0.15, -0.1) is 11.3 Å². The quantitative estimate of drug-likeness (QED) is 0.551. The zero-order valence-corrected chi connectivity index (χ0v) is 13.2. The van der Waals surface area contributed by atoms with Crippen LogP contribution < -0.4 is 11.5 Å². The number of nitrogens with two attached hydrogens (primary N) is 2. The van der Waals surface area contributed by atoms with Crippen molar-refractivity contribution in [3.63, 3.8) is 0 Å². The molecular weight excluding hydrogens is 304 g/mol. The highest BCUT2D eigenvalue weighted by molar-refractivity contribution is 7.15. The van der Waals surface area contributed by atoms with Gasteiger partial charge in [0.25, 0.3) is 0 Å². The van der Waals surface area contributed by atoms with Crippen LogP contribution in [0.1, 0.15) is 9.75 Å². The van der Waals surface area contributed by atoms with Crippen molar-refractivity contribution in [3.05, 3.63) is 70.4 Å². The molecule has 1 heterocycles. The summed E-state index contributed by atoms with van der Waals surface area (Å²) in [7, 11) is 0. The second kappa shape index (κ2) is 6.89. The maximum Gasteiger partial charge on any atom is 0.0631 e. The van der Waals surface area contributed by atoms with E-state index in [9.17, 15) is 0 Å². The van der Waals surface area contributed by atoms with Gasteiger partial charge in [-0.05, 0) is 60.7 Å². The largest absolute Gasteiger partial charge is 0.399 e. The van der Waals surface area contributed by atoms with Gasteiger partial charge in [-0.25, -0.2) is 0 Å². The molecule has 114 valence electrons. The average Bonchev–Trinajstić information content (AvgIpc) is 3.02. The first-order valence-corrected chi connectivity index (χ1v) is 7.90. The second-order valence-electron chi connectivity index (χ2n) is 4.94. The van der Waals surface area contributed by atoms with E-state index in [1.807, 2.05) is 73.1 Å². The van der Waals surface area contributed by atoms with E-state index in [1.165, 1.54) is 0 Å². The average molecular weight is 320 g/mol. The third-order valence-corrected chi connectivity index (χ3v) is 4.07. The molecule has 3 rings (SSSR count). The zero-order chi connectivity index (χ0) is 16.1. The van der Waals surface area contributed by atoms with Crippen LogP contribution in [0.4, 0.5) is 22.7 Å². The maximum atomic E-state index is 5.66. The van der Waals surface area contributed by atoms with E-state index in [0.717, 1.165) is 32.5 Å². The number of hydrogen-bond acceptors (Lipinski definition) is 5. The summed E-state index contributed by atoms with van der Waals surface area (Å²) in [6, 6.07) is 19.0. The summed E-state index contributed by atoms with van der Waals surface area (Å²) >= 11 is 1.63. The van der Waals surface area contributed by atoms with E-state index in [4.69, 9.17) is 11.5 Å². The van der Waals surface area contributed by atoms with Crippen molar-refractivity contribution in [2.24, 2.45) is 9.98 Å². The van der Waals surface area contributed by atoms with Gasteiger partial charge in [0, 0.05) is 33.6 Å². The van der Waals surface area contributed by atoms with E-state index in [0.29, 0.717) is 0 Å². The lowest BCUT2D eigenvalue weighted by Gasteiger charge is -1.94. The second-order valence-corrected chi connectivity index (χ2v) is 6.09. The molecule has 4 N–H and O–H groups in total. The van der Waals surface area contributed by atoms with E-state index in [2.05, 4.69) is 9.98 Å². The summed E-state index contributed by atoms with van der Waals surface area (Å²) in [6.07, 6.45) is 3.69. The highest BCUT2D eigenvalue weighted by atomic mass is 32.1. The van der Waals surface area contributed by atoms with Crippen LogP contribution in [0.25, 0.3) is 0 Å². The Morgan fingerprint density at radius 3 is 1.39 bits per heavy atom. The minimum atomic E-state index is 0.737. The molecule has 0 spiro atoms. The first-order chi connectivity index (χ1) is 11.2. The topological polar surface area (TPSA) is 76.8 Å². The molecule has 0 bridgehead atoms. The fraction of sp³-hybridized carbons (Fsp3) is 0. The lowest BCUT2D eigenvalue weighted by atomic mass is 10.3. The molecule has 0 aliphatic rings. The summed E-state index contributed by atoms with van der Waals surface area (Å²) in [4.78, 5) is 11.0. The van der Waals surface area contributed by atoms with Crippen LogP contribution in [0.3, 0.4) is 0 Å². The summed E-state index contributed by atoms with van der Waals surface area (Å²) in [5, 5.41) is 0. The number of thiophene rings is 1. The first kappa shape index (κ1) is 15.0. The molecule has 0 saturated heterocycles. The fourth-order valence-electron chi connectivity index (χ4n) is 1.90.